The largest absolute Gasteiger partial charge is 0.508 e. The molecular formula is C24H29FN8O2. The minimum absolute atomic E-state index is 0.0186. The number of ether oxygens (including phenoxy) is 1. The number of nitrogens with zero attached hydrogens (tertiary/aromatic N) is 7. The Bertz CT molecular complexity index is 1220. The number of benzene rings is 1. The van der Waals surface area contributed by atoms with Crippen molar-refractivity contribution in [2.45, 2.75) is 37.8 Å². The summed E-state index contributed by atoms with van der Waals surface area (Å²) in [6, 6.07) is 7.02. The summed E-state index contributed by atoms with van der Waals surface area (Å²) in [4.78, 5) is 13.6. The molecule has 0 amide bonds. The summed E-state index contributed by atoms with van der Waals surface area (Å²) >= 11 is 0. The lowest BCUT2D eigenvalue weighted by molar-refractivity contribution is 0.185. The second-order valence-electron chi connectivity index (χ2n) is 9.16. The first-order valence-electron chi connectivity index (χ1n) is 11.9. The molecule has 10 nitrogen and oxygen atoms in total. The third-order valence-electron chi connectivity index (χ3n) is 6.82. The fourth-order valence-corrected chi connectivity index (χ4v) is 4.82. The molecule has 2 aliphatic heterocycles. The van der Waals surface area contributed by atoms with Gasteiger partial charge in [0, 0.05) is 43.7 Å². The standard InChI is InChI=1S/C24H29FN8O2/c1-31-10-3-4-17(31)15-35-24-29-23(32-11-9-27-16(14-32)7-8-26)22-28-13-18(33(22)30-24)12-19-20(25)5-2-6-21(19)34/h2,5-6,13,16-17,27,34H,3-4,7,9-12,14-15H2,1H3/t16-,17-/m0/s1. The highest BCUT2D eigenvalue weighted by Crippen LogP contribution is 2.27. The third kappa shape index (κ3) is 4.85. The Balaban J connectivity index is 1.51. The second kappa shape index (κ2) is 10.0. The zero-order valence-electron chi connectivity index (χ0n) is 19.7. The van der Waals surface area contributed by atoms with E-state index in [1.54, 1.807) is 10.7 Å². The number of hydrogen-bond acceptors (Lipinski definition) is 9. The first-order valence-corrected chi connectivity index (χ1v) is 11.9. The molecule has 4 heterocycles. The summed E-state index contributed by atoms with van der Waals surface area (Å²) in [7, 11) is 2.08. The number of rotatable bonds is 7. The quantitative estimate of drug-likeness (QED) is 0.522. The summed E-state index contributed by atoms with van der Waals surface area (Å²) in [5.74, 6) is 0.0102. The van der Waals surface area contributed by atoms with Crippen LogP contribution in [0.5, 0.6) is 11.8 Å². The molecule has 0 bridgehead atoms. The van der Waals surface area contributed by atoms with Crippen molar-refractivity contribution in [3.05, 3.63) is 41.5 Å². The Morgan fingerprint density at radius 2 is 2.23 bits per heavy atom. The van der Waals surface area contributed by atoms with Crippen LogP contribution in [0.4, 0.5) is 10.2 Å². The van der Waals surface area contributed by atoms with Crippen LogP contribution in [0.3, 0.4) is 0 Å². The highest BCUT2D eigenvalue weighted by atomic mass is 19.1. The van der Waals surface area contributed by atoms with E-state index < -0.39 is 5.82 Å². The molecule has 35 heavy (non-hydrogen) atoms. The average Bonchev–Trinajstić information content (AvgIpc) is 3.45. The van der Waals surface area contributed by atoms with Gasteiger partial charge in [0.05, 0.1) is 24.4 Å². The maximum absolute atomic E-state index is 14.4. The van der Waals surface area contributed by atoms with Crippen LogP contribution in [0.25, 0.3) is 5.65 Å². The molecule has 1 aromatic carbocycles. The number of likely N-dealkylation sites (tertiary alicyclic amines) is 1. The van der Waals surface area contributed by atoms with Crippen LogP contribution >= 0.6 is 0 Å². The summed E-state index contributed by atoms with van der Waals surface area (Å²) in [5, 5.41) is 27.3. The normalized spacial score (nSPS) is 20.9. The molecule has 0 unspecified atom stereocenters. The Kier molecular flexibility index (Phi) is 6.66. The van der Waals surface area contributed by atoms with Gasteiger partial charge in [0.25, 0.3) is 0 Å². The molecule has 2 saturated heterocycles. The van der Waals surface area contributed by atoms with Gasteiger partial charge in [-0.25, -0.2) is 13.9 Å². The van der Waals surface area contributed by atoms with Crippen LogP contribution in [0.2, 0.25) is 0 Å². The number of hydrogen-bond donors (Lipinski definition) is 2. The topological polar surface area (TPSA) is 115 Å². The molecule has 2 aromatic heterocycles. The summed E-state index contributed by atoms with van der Waals surface area (Å²) in [6.45, 7) is 3.51. The van der Waals surface area contributed by atoms with E-state index in [1.165, 1.54) is 18.2 Å². The zero-order valence-corrected chi connectivity index (χ0v) is 19.7. The van der Waals surface area contributed by atoms with Gasteiger partial charge in [-0.2, -0.15) is 10.2 Å². The van der Waals surface area contributed by atoms with Crippen molar-refractivity contribution in [3.8, 4) is 17.8 Å². The third-order valence-corrected chi connectivity index (χ3v) is 6.82. The maximum Gasteiger partial charge on any atom is 0.336 e. The van der Waals surface area contributed by atoms with Crippen LogP contribution in [-0.4, -0.2) is 81.5 Å². The highest BCUT2D eigenvalue weighted by Gasteiger charge is 2.26. The van der Waals surface area contributed by atoms with Crippen LogP contribution < -0.4 is 15.0 Å². The van der Waals surface area contributed by atoms with E-state index in [4.69, 9.17) is 15.0 Å². The number of likely N-dealkylation sites (N-methyl/N-ethyl adjacent to an activating group) is 1. The number of imidazole rings is 1. The minimum Gasteiger partial charge on any atom is -0.508 e. The van der Waals surface area contributed by atoms with Gasteiger partial charge in [0.15, 0.2) is 11.5 Å². The molecule has 0 spiro atoms. The number of phenols is 1. The Morgan fingerprint density at radius 3 is 3.00 bits per heavy atom. The molecule has 0 saturated carbocycles. The Hall–Kier alpha value is -3.49. The molecule has 2 fully saturated rings. The maximum atomic E-state index is 14.4. The fourth-order valence-electron chi connectivity index (χ4n) is 4.82. The number of anilines is 1. The van der Waals surface area contributed by atoms with E-state index in [0.29, 0.717) is 55.9 Å². The summed E-state index contributed by atoms with van der Waals surface area (Å²) < 4.78 is 22.1. The van der Waals surface area contributed by atoms with Crippen LogP contribution in [0, 0.1) is 17.1 Å². The lowest BCUT2D eigenvalue weighted by Crippen LogP contribution is -2.51. The van der Waals surface area contributed by atoms with Crippen LogP contribution in [-0.2, 0) is 6.42 Å². The van der Waals surface area contributed by atoms with Gasteiger partial charge in [0.2, 0.25) is 0 Å². The molecule has 0 radical (unpaired) electrons. The number of nitrogens with one attached hydrogen (secondary N) is 1. The SMILES string of the molecule is CN1CCC[C@H]1COc1nc(N2CCN[C@@H](CC#N)C2)c2ncc(Cc3c(O)cccc3F)n2n1. The Labute approximate surface area is 203 Å². The smallest absolute Gasteiger partial charge is 0.336 e. The molecular weight excluding hydrogens is 451 g/mol. The summed E-state index contributed by atoms with van der Waals surface area (Å²) in [6.07, 6.45) is 4.32. The number of halogens is 1. The number of nitriles is 1. The van der Waals surface area contributed by atoms with Crippen molar-refractivity contribution in [2.75, 3.05) is 44.7 Å². The van der Waals surface area contributed by atoms with E-state index in [0.717, 1.165) is 19.4 Å². The van der Waals surface area contributed by atoms with E-state index in [1.807, 2.05) is 0 Å². The molecule has 2 atom stereocenters. The van der Waals surface area contributed by atoms with Gasteiger partial charge in [0.1, 0.15) is 18.2 Å². The van der Waals surface area contributed by atoms with Crippen molar-refractivity contribution in [1.82, 2.24) is 29.8 Å². The van der Waals surface area contributed by atoms with Crippen molar-refractivity contribution in [1.29, 1.82) is 5.26 Å². The number of piperazine rings is 1. The van der Waals surface area contributed by atoms with Crippen molar-refractivity contribution >= 4 is 11.5 Å². The van der Waals surface area contributed by atoms with Gasteiger partial charge in [-0.15, -0.1) is 5.10 Å². The molecule has 11 heteroatoms. The minimum atomic E-state index is -0.489. The van der Waals surface area contributed by atoms with Crippen LogP contribution in [0.1, 0.15) is 30.5 Å². The van der Waals surface area contributed by atoms with Gasteiger partial charge in [-0.1, -0.05) is 6.07 Å². The van der Waals surface area contributed by atoms with E-state index >= 15 is 0 Å². The lowest BCUT2D eigenvalue weighted by Gasteiger charge is -2.33. The predicted molar refractivity (Wildman–Crippen MR) is 127 cm³/mol. The Morgan fingerprint density at radius 1 is 1.34 bits per heavy atom. The number of aromatic nitrogens is 4. The molecule has 184 valence electrons. The average molecular weight is 481 g/mol. The monoisotopic (exact) mass is 480 g/mol. The van der Waals surface area contributed by atoms with Gasteiger partial charge >= 0.3 is 6.01 Å². The van der Waals surface area contributed by atoms with Gasteiger partial charge in [-0.3, -0.25) is 0 Å². The first kappa shape index (κ1) is 23.3. The molecule has 0 aliphatic carbocycles. The zero-order chi connectivity index (χ0) is 24.4. The first-order chi connectivity index (χ1) is 17.0. The van der Waals surface area contributed by atoms with Crippen molar-refractivity contribution in [2.24, 2.45) is 0 Å². The van der Waals surface area contributed by atoms with Crippen LogP contribution in [0.15, 0.2) is 24.4 Å². The van der Waals surface area contributed by atoms with E-state index in [-0.39, 0.29) is 29.8 Å². The fraction of sp³-hybridized carbons (Fsp3) is 0.500. The van der Waals surface area contributed by atoms with E-state index in [9.17, 15) is 9.50 Å². The number of phenolic OH excluding ortho intramolecular Hbond substituents is 1. The summed E-state index contributed by atoms with van der Waals surface area (Å²) in [5.41, 5.74) is 1.31. The van der Waals surface area contributed by atoms with Gasteiger partial charge in [-0.05, 0) is 38.6 Å². The lowest BCUT2D eigenvalue weighted by atomic mass is 10.1. The van der Waals surface area contributed by atoms with Crippen molar-refractivity contribution in [3.63, 3.8) is 0 Å². The molecule has 2 aliphatic rings. The van der Waals surface area contributed by atoms with Gasteiger partial charge < -0.3 is 25.0 Å². The molecule has 5 rings (SSSR count). The highest BCUT2D eigenvalue weighted by molar-refractivity contribution is 5.65. The van der Waals surface area contributed by atoms with E-state index in [2.05, 4.69) is 38.3 Å². The molecule has 3 aromatic rings. The second-order valence-corrected chi connectivity index (χ2v) is 9.16. The predicted octanol–water partition coefficient (Wildman–Crippen LogP) is 1.72. The number of aromatic hydroxyl groups is 1. The van der Waals surface area contributed by atoms with Crippen molar-refractivity contribution < 1.29 is 14.2 Å². The molecule has 2 N–H and O–H groups in total. The number of fused-ring (bicyclic) bond motifs is 1.